The minimum absolute atomic E-state index is 0.335. The molecule has 0 unspecified atom stereocenters. The molecule has 0 amide bonds. The summed E-state index contributed by atoms with van der Waals surface area (Å²) in [7, 11) is 0. The van der Waals surface area contributed by atoms with E-state index in [0.717, 1.165) is 21.5 Å². The number of hydrogen-bond acceptors (Lipinski definition) is 2. The Labute approximate surface area is 133 Å². The average molecular weight is 298 g/mol. The number of rotatable bonds is 2. The highest BCUT2D eigenvalue weighted by Crippen LogP contribution is 2.27. The van der Waals surface area contributed by atoms with E-state index in [1.807, 2.05) is 78.9 Å². The minimum atomic E-state index is -0.335. The lowest BCUT2D eigenvalue weighted by Crippen LogP contribution is -2.09. The van der Waals surface area contributed by atoms with Crippen LogP contribution in [0.25, 0.3) is 21.5 Å². The molecule has 23 heavy (non-hydrogen) atoms. The Balaban J connectivity index is 1.77. The lowest BCUT2D eigenvalue weighted by molar-refractivity contribution is 0.0739. The molecule has 0 aliphatic carbocycles. The first-order chi connectivity index (χ1) is 11.3. The van der Waals surface area contributed by atoms with Crippen LogP contribution in [0.5, 0.6) is 5.75 Å². The Morgan fingerprint density at radius 3 is 1.96 bits per heavy atom. The van der Waals surface area contributed by atoms with Gasteiger partial charge < -0.3 is 4.74 Å². The topological polar surface area (TPSA) is 26.3 Å². The number of fused-ring (bicyclic) bond motifs is 2. The molecular formula is C21H14O2. The number of benzene rings is 4. The van der Waals surface area contributed by atoms with Crippen LogP contribution >= 0.6 is 0 Å². The second kappa shape index (κ2) is 5.58. The van der Waals surface area contributed by atoms with Crippen molar-refractivity contribution in [1.29, 1.82) is 0 Å². The van der Waals surface area contributed by atoms with Gasteiger partial charge in [-0.05, 0) is 28.3 Å². The van der Waals surface area contributed by atoms with Crippen molar-refractivity contribution in [3.8, 4) is 5.75 Å². The molecule has 0 saturated heterocycles. The van der Waals surface area contributed by atoms with Crippen LogP contribution in [0.4, 0.5) is 0 Å². The maximum absolute atomic E-state index is 12.6. The maximum Gasteiger partial charge on any atom is 0.344 e. The largest absolute Gasteiger partial charge is 0.422 e. The normalized spacial score (nSPS) is 10.8. The van der Waals surface area contributed by atoms with Gasteiger partial charge in [0, 0.05) is 5.39 Å². The first-order valence-electron chi connectivity index (χ1n) is 7.51. The van der Waals surface area contributed by atoms with E-state index in [1.165, 1.54) is 0 Å². The summed E-state index contributed by atoms with van der Waals surface area (Å²) in [5.74, 6) is 0.249. The van der Waals surface area contributed by atoms with Gasteiger partial charge in [-0.25, -0.2) is 4.79 Å². The Kier molecular flexibility index (Phi) is 3.28. The second-order valence-corrected chi connectivity index (χ2v) is 5.39. The maximum atomic E-state index is 12.6. The summed E-state index contributed by atoms with van der Waals surface area (Å²) < 4.78 is 5.68. The molecule has 110 valence electrons. The van der Waals surface area contributed by atoms with E-state index >= 15 is 0 Å². The molecule has 0 aliphatic rings. The van der Waals surface area contributed by atoms with E-state index in [9.17, 15) is 4.79 Å². The van der Waals surface area contributed by atoms with Gasteiger partial charge in [0.2, 0.25) is 0 Å². The lowest BCUT2D eigenvalue weighted by Gasteiger charge is -2.09. The molecule has 0 radical (unpaired) electrons. The summed E-state index contributed by atoms with van der Waals surface area (Å²) in [6, 6.07) is 27.1. The highest BCUT2D eigenvalue weighted by molar-refractivity contribution is 6.06. The first-order valence-corrected chi connectivity index (χ1v) is 7.51. The monoisotopic (exact) mass is 298 g/mol. The van der Waals surface area contributed by atoms with Gasteiger partial charge in [0.25, 0.3) is 0 Å². The molecule has 2 heteroatoms. The summed E-state index contributed by atoms with van der Waals surface area (Å²) in [5, 5.41) is 3.92. The molecule has 0 spiro atoms. The smallest absolute Gasteiger partial charge is 0.344 e. The summed E-state index contributed by atoms with van der Waals surface area (Å²) in [6.45, 7) is 0. The number of carbonyl (C=O) groups is 1. The zero-order chi connectivity index (χ0) is 15.6. The molecule has 0 fully saturated rings. The molecule has 4 aromatic rings. The Morgan fingerprint density at radius 1 is 0.609 bits per heavy atom. The van der Waals surface area contributed by atoms with Gasteiger partial charge in [0.05, 0.1) is 5.56 Å². The average Bonchev–Trinajstić information content (AvgIpc) is 2.61. The fourth-order valence-electron chi connectivity index (χ4n) is 2.84. The SMILES string of the molecule is O=C(Oc1cccc2ccccc12)c1cccc2ccccc12. The molecule has 0 aromatic heterocycles. The molecule has 0 aliphatic heterocycles. The standard InChI is InChI=1S/C21H14O2/c22-21(19-13-5-9-15-7-1-3-11-17(15)19)23-20-14-6-10-16-8-2-4-12-18(16)20/h1-14H. The lowest BCUT2D eigenvalue weighted by atomic mass is 10.0. The first kappa shape index (κ1) is 13.5. The van der Waals surface area contributed by atoms with Crippen molar-refractivity contribution in [1.82, 2.24) is 0 Å². The number of carbonyl (C=O) groups excluding carboxylic acids is 1. The van der Waals surface area contributed by atoms with Crippen LogP contribution in [0.1, 0.15) is 10.4 Å². The zero-order valence-corrected chi connectivity index (χ0v) is 12.4. The van der Waals surface area contributed by atoms with Crippen LogP contribution in [0, 0.1) is 0 Å². The van der Waals surface area contributed by atoms with Crippen LogP contribution < -0.4 is 4.74 Å². The van der Waals surface area contributed by atoms with E-state index in [2.05, 4.69) is 0 Å². The number of ether oxygens (including phenoxy) is 1. The third-order valence-corrected chi connectivity index (χ3v) is 3.96. The van der Waals surface area contributed by atoms with E-state index in [-0.39, 0.29) is 5.97 Å². The van der Waals surface area contributed by atoms with E-state index in [4.69, 9.17) is 4.74 Å². The number of hydrogen-bond donors (Lipinski definition) is 0. The van der Waals surface area contributed by atoms with Crippen LogP contribution in [0.15, 0.2) is 84.9 Å². The number of esters is 1. The van der Waals surface area contributed by atoms with Gasteiger partial charge in [0.15, 0.2) is 0 Å². The fourth-order valence-corrected chi connectivity index (χ4v) is 2.84. The third kappa shape index (κ3) is 2.44. The van der Waals surface area contributed by atoms with Gasteiger partial charge in [0.1, 0.15) is 5.75 Å². The predicted octanol–water partition coefficient (Wildman–Crippen LogP) is 5.21. The summed E-state index contributed by atoms with van der Waals surface area (Å²) >= 11 is 0. The zero-order valence-electron chi connectivity index (χ0n) is 12.4. The van der Waals surface area contributed by atoms with Crippen LogP contribution in [-0.4, -0.2) is 5.97 Å². The van der Waals surface area contributed by atoms with Crippen molar-refractivity contribution in [3.05, 3.63) is 90.5 Å². The predicted molar refractivity (Wildman–Crippen MR) is 92.9 cm³/mol. The fraction of sp³-hybridized carbons (Fsp3) is 0. The summed E-state index contributed by atoms with van der Waals surface area (Å²) in [6.07, 6.45) is 0. The molecule has 0 saturated carbocycles. The molecule has 0 bridgehead atoms. The third-order valence-electron chi connectivity index (χ3n) is 3.96. The van der Waals surface area contributed by atoms with E-state index < -0.39 is 0 Å². The molecule has 4 rings (SSSR count). The molecule has 0 N–H and O–H groups in total. The molecule has 2 nitrogen and oxygen atoms in total. The van der Waals surface area contributed by atoms with Crippen molar-refractivity contribution >= 4 is 27.5 Å². The molecule has 4 aromatic carbocycles. The quantitative estimate of drug-likeness (QED) is 0.375. The molecular weight excluding hydrogens is 284 g/mol. The highest BCUT2D eigenvalue weighted by atomic mass is 16.5. The van der Waals surface area contributed by atoms with Gasteiger partial charge in [-0.1, -0.05) is 72.8 Å². The van der Waals surface area contributed by atoms with Crippen molar-refractivity contribution in [2.45, 2.75) is 0 Å². The molecule has 0 atom stereocenters. The summed E-state index contributed by atoms with van der Waals surface area (Å²) in [4.78, 5) is 12.6. The van der Waals surface area contributed by atoms with E-state index in [1.54, 1.807) is 6.07 Å². The second-order valence-electron chi connectivity index (χ2n) is 5.39. The van der Waals surface area contributed by atoms with Crippen molar-refractivity contribution in [3.63, 3.8) is 0 Å². The highest BCUT2D eigenvalue weighted by Gasteiger charge is 2.13. The van der Waals surface area contributed by atoms with Crippen molar-refractivity contribution in [2.75, 3.05) is 0 Å². The Bertz CT molecular complexity index is 1010. The van der Waals surface area contributed by atoms with Gasteiger partial charge in [-0.2, -0.15) is 0 Å². The minimum Gasteiger partial charge on any atom is -0.422 e. The summed E-state index contributed by atoms with van der Waals surface area (Å²) in [5.41, 5.74) is 0.580. The van der Waals surface area contributed by atoms with Crippen LogP contribution in [0.3, 0.4) is 0 Å². The van der Waals surface area contributed by atoms with Crippen LogP contribution in [0.2, 0.25) is 0 Å². The van der Waals surface area contributed by atoms with Gasteiger partial charge >= 0.3 is 5.97 Å². The van der Waals surface area contributed by atoms with Gasteiger partial charge in [-0.3, -0.25) is 0 Å². The Hall–Kier alpha value is -3.13. The van der Waals surface area contributed by atoms with Crippen LogP contribution in [-0.2, 0) is 0 Å². The Morgan fingerprint density at radius 2 is 1.17 bits per heavy atom. The van der Waals surface area contributed by atoms with Gasteiger partial charge in [-0.15, -0.1) is 0 Å². The van der Waals surface area contributed by atoms with E-state index in [0.29, 0.717) is 11.3 Å². The van der Waals surface area contributed by atoms with Crippen molar-refractivity contribution < 1.29 is 9.53 Å². The van der Waals surface area contributed by atoms with Crippen molar-refractivity contribution in [2.24, 2.45) is 0 Å². The molecule has 0 heterocycles.